The lowest BCUT2D eigenvalue weighted by molar-refractivity contribution is 0.0125. The molecule has 2 aromatic rings. The summed E-state index contributed by atoms with van der Waals surface area (Å²) in [5, 5.41) is 0. The van der Waals surface area contributed by atoms with Crippen molar-refractivity contribution in [2.75, 3.05) is 0 Å². The third kappa shape index (κ3) is 2.34. The van der Waals surface area contributed by atoms with Gasteiger partial charge in [0.1, 0.15) is 0 Å². The van der Waals surface area contributed by atoms with E-state index in [9.17, 15) is 28.0 Å². The Morgan fingerprint density at radius 1 is 0.842 bits per heavy atom. The van der Waals surface area contributed by atoms with Crippen molar-refractivity contribution in [1.29, 1.82) is 0 Å². The number of nitrogens with one attached hydrogen (secondary N) is 2. The van der Waals surface area contributed by atoms with Crippen molar-refractivity contribution >= 4 is 0 Å². The fourth-order valence-corrected chi connectivity index (χ4v) is 1.08. The molecule has 2 aromatic heterocycles. The Bertz CT molecular complexity index is 789. The summed E-state index contributed by atoms with van der Waals surface area (Å²) in [6.07, 6.45) is 0.688. The van der Waals surface area contributed by atoms with Gasteiger partial charge in [0.05, 0.1) is 12.4 Å². The Morgan fingerprint density at radius 2 is 1.21 bits per heavy atom. The molecule has 19 heavy (non-hydrogen) atoms. The van der Waals surface area contributed by atoms with Gasteiger partial charge in [-0.05, 0) is 0 Å². The summed E-state index contributed by atoms with van der Waals surface area (Å²) >= 11 is 0. The molecule has 0 saturated heterocycles. The highest BCUT2D eigenvalue weighted by Crippen LogP contribution is 1.84. The molecule has 0 spiro atoms. The fourth-order valence-electron chi connectivity index (χ4n) is 1.08. The maximum absolute atomic E-state index is 12.9. The number of H-pyrrole nitrogens is 2. The lowest BCUT2D eigenvalue weighted by atomic mass is 10.6. The highest BCUT2D eigenvalue weighted by atomic mass is 19.1. The molecule has 0 unspecified atom stereocenters. The van der Waals surface area contributed by atoms with E-state index in [1.54, 1.807) is 9.97 Å². The summed E-state index contributed by atoms with van der Waals surface area (Å²) in [6.45, 7) is 0. The van der Waals surface area contributed by atoms with Gasteiger partial charge in [0.25, 0.3) is 11.1 Å². The normalized spacial score (nSPS) is 10.4. The molecule has 2 heterocycles. The molecule has 0 radical (unpaired) electrons. The van der Waals surface area contributed by atoms with Crippen molar-refractivity contribution in [3.05, 3.63) is 65.7 Å². The first-order valence-electron chi connectivity index (χ1n) is 4.60. The van der Waals surface area contributed by atoms with Crippen LogP contribution in [0.25, 0.3) is 0 Å². The maximum atomic E-state index is 12.9. The average Bonchev–Trinajstić information content (AvgIpc) is 2.32. The van der Waals surface area contributed by atoms with Crippen molar-refractivity contribution in [2.24, 2.45) is 0 Å². The van der Waals surface area contributed by atoms with Crippen molar-refractivity contribution < 1.29 is 13.7 Å². The summed E-state index contributed by atoms with van der Waals surface area (Å²) in [5.41, 5.74) is -4.98. The fraction of sp³-hybridized carbons (Fsp3) is 0. The Balaban J connectivity index is 2.54. The van der Waals surface area contributed by atoms with Crippen LogP contribution in [0.5, 0.6) is 0 Å². The van der Waals surface area contributed by atoms with E-state index in [1.807, 2.05) is 0 Å². The lowest BCUT2D eigenvalue weighted by Crippen LogP contribution is -2.42. The third-order valence-electron chi connectivity index (χ3n) is 1.91. The maximum Gasteiger partial charge on any atom is 0.363 e. The van der Waals surface area contributed by atoms with Crippen LogP contribution in [0.4, 0.5) is 8.78 Å². The van der Waals surface area contributed by atoms with E-state index < -0.39 is 34.1 Å². The number of aromatic nitrogens is 4. The number of rotatable bonds is 2. The molecule has 0 fully saturated rings. The van der Waals surface area contributed by atoms with Gasteiger partial charge in [-0.25, -0.2) is 9.59 Å². The van der Waals surface area contributed by atoms with Gasteiger partial charge in [-0.2, -0.15) is 8.78 Å². The second kappa shape index (κ2) is 4.36. The zero-order valence-electron chi connectivity index (χ0n) is 8.85. The molecule has 0 bridgehead atoms. The average molecular weight is 274 g/mol. The molecule has 0 atom stereocenters. The monoisotopic (exact) mass is 274 g/mol. The van der Waals surface area contributed by atoms with Crippen LogP contribution in [-0.4, -0.2) is 19.4 Å². The van der Waals surface area contributed by atoms with Gasteiger partial charge in [0, 0.05) is 0 Å². The van der Waals surface area contributed by atoms with Crippen LogP contribution in [0, 0.1) is 11.6 Å². The molecular formula is C8H4F2N4O5. The van der Waals surface area contributed by atoms with E-state index in [0.29, 0.717) is 12.4 Å². The molecule has 0 aliphatic heterocycles. The van der Waals surface area contributed by atoms with E-state index >= 15 is 0 Å². The largest absolute Gasteiger partial charge is 0.363 e. The summed E-state index contributed by atoms with van der Waals surface area (Å²) in [5.74, 6) is -2.73. The number of aromatic amines is 2. The van der Waals surface area contributed by atoms with Crippen LogP contribution >= 0.6 is 0 Å². The summed E-state index contributed by atoms with van der Waals surface area (Å²) in [4.78, 5) is 51.4. The minimum absolute atomic E-state index is 0.135. The SMILES string of the molecule is O=c1[nH]c(=O)n(On2cc(F)c(=O)[nH]c2=O)cc1F. The molecular weight excluding hydrogens is 270 g/mol. The van der Waals surface area contributed by atoms with E-state index in [-0.39, 0.29) is 9.46 Å². The zero-order valence-corrected chi connectivity index (χ0v) is 8.85. The summed E-state index contributed by atoms with van der Waals surface area (Å²) in [7, 11) is 0. The third-order valence-corrected chi connectivity index (χ3v) is 1.91. The van der Waals surface area contributed by atoms with Gasteiger partial charge >= 0.3 is 11.4 Å². The molecule has 0 amide bonds. The van der Waals surface area contributed by atoms with Gasteiger partial charge < -0.3 is 0 Å². The number of hydrogen-bond donors (Lipinski definition) is 2. The van der Waals surface area contributed by atoms with Crippen LogP contribution in [0.1, 0.15) is 0 Å². The molecule has 11 heteroatoms. The van der Waals surface area contributed by atoms with Crippen LogP contribution in [0.2, 0.25) is 0 Å². The Kier molecular flexibility index (Phi) is 2.86. The standard InChI is InChI=1S/C8H4F2N4O5/c9-3-1-13(7(17)11-5(3)15)19-14-2-4(10)6(16)12-8(14)18/h1-2H,(H,11,15,17)(H,12,16,18). The molecule has 2 rings (SSSR count). The summed E-state index contributed by atoms with van der Waals surface area (Å²) in [6, 6.07) is 0. The van der Waals surface area contributed by atoms with Crippen molar-refractivity contribution in [3.63, 3.8) is 0 Å². The Labute approximate surface area is 99.8 Å². The van der Waals surface area contributed by atoms with Crippen molar-refractivity contribution in [2.45, 2.75) is 0 Å². The van der Waals surface area contributed by atoms with Crippen LogP contribution < -0.4 is 27.4 Å². The predicted molar refractivity (Wildman–Crippen MR) is 54.5 cm³/mol. The molecule has 0 aromatic carbocycles. The minimum atomic E-state index is -1.36. The number of halogens is 2. The highest BCUT2D eigenvalue weighted by Gasteiger charge is 2.08. The molecule has 0 saturated carbocycles. The first-order chi connectivity index (χ1) is 8.88. The Hall–Kier alpha value is -2.98. The second-order valence-electron chi connectivity index (χ2n) is 3.21. The van der Waals surface area contributed by atoms with Crippen LogP contribution in [0.15, 0.2) is 31.6 Å². The van der Waals surface area contributed by atoms with Crippen molar-refractivity contribution in [3.8, 4) is 0 Å². The smallest absolute Gasteiger partial charge is 0.273 e. The summed E-state index contributed by atoms with van der Waals surface area (Å²) < 4.78 is 26.1. The van der Waals surface area contributed by atoms with E-state index in [2.05, 4.69) is 4.94 Å². The first kappa shape index (κ1) is 12.5. The first-order valence-corrected chi connectivity index (χ1v) is 4.60. The van der Waals surface area contributed by atoms with Crippen LogP contribution in [0.3, 0.4) is 0 Å². The molecule has 100 valence electrons. The van der Waals surface area contributed by atoms with E-state index in [4.69, 9.17) is 0 Å². The van der Waals surface area contributed by atoms with E-state index in [1.165, 1.54) is 0 Å². The molecule has 9 nitrogen and oxygen atoms in total. The van der Waals surface area contributed by atoms with E-state index in [0.717, 1.165) is 0 Å². The van der Waals surface area contributed by atoms with Gasteiger partial charge in [0.2, 0.25) is 11.6 Å². The number of nitrogens with zero attached hydrogens (tertiary/aromatic N) is 2. The quantitative estimate of drug-likeness (QED) is 0.630. The van der Waals surface area contributed by atoms with Crippen LogP contribution in [-0.2, 0) is 0 Å². The molecule has 0 aliphatic carbocycles. The molecule has 2 N–H and O–H groups in total. The van der Waals surface area contributed by atoms with Gasteiger partial charge in [-0.3, -0.25) is 24.5 Å². The molecule has 0 aliphatic rings. The number of hydrogen-bond acceptors (Lipinski definition) is 5. The zero-order chi connectivity index (χ0) is 14.2. The van der Waals surface area contributed by atoms with Crippen molar-refractivity contribution in [1.82, 2.24) is 19.4 Å². The topological polar surface area (TPSA) is 119 Å². The van der Waals surface area contributed by atoms with Gasteiger partial charge in [-0.1, -0.05) is 0 Å². The lowest BCUT2D eigenvalue weighted by Gasteiger charge is -2.07. The highest BCUT2D eigenvalue weighted by molar-refractivity contribution is 4.87. The second-order valence-corrected chi connectivity index (χ2v) is 3.21. The van der Waals surface area contributed by atoms with Gasteiger partial charge in [-0.15, -0.1) is 9.46 Å². The van der Waals surface area contributed by atoms with Gasteiger partial charge in [0.15, 0.2) is 0 Å². The predicted octanol–water partition coefficient (Wildman–Crippen LogP) is -2.44. The minimum Gasteiger partial charge on any atom is -0.273 e. The Morgan fingerprint density at radius 3 is 1.58 bits per heavy atom.